The molecule has 1 saturated heterocycles. The molecule has 0 aromatic carbocycles. The van der Waals surface area contributed by atoms with Crippen molar-refractivity contribution in [2.75, 3.05) is 13.2 Å². The largest absolute Gasteiger partial charge is 0.462 e. The zero-order valence-electron chi connectivity index (χ0n) is 8.54. The van der Waals surface area contributed by atoms with Gasteiger partial charge in [-0.05, 0) is 33.7 Å². The van der Waals surface area contributed by atoms with Crippen molar-refractivity contribution >= 4 is 6.47 Å². The highest BCUT2D eigenvalue weighted by atomic mass is 16.5. The number of aliphatic hydroxyl groups is 1. The first-order valence-electron chi connectivity index (χ1n) is 4.45. The summed E-state index contributed by atoms with van der Waals surface area (Å²) >= 11 is 0. The Labute approximate surface area is 79.3 Å². The number of ether oxygens (including phenoxy) is 1. The molecule has 1 heterocycles. The maximum atomic E-state index is 9.60. The van der Waals surface area contributed by atoms with Crippen LogP contribution in [0.5, 0.6) is 0 Å². The maximum Gasteiger partial charge on any atom is 0.293 e. The second kappa shape index (κ2) is 5.94. The van der Waals surface area contributed by atoms with Gasteiger partial charge in [-0.2, -0.15) is 0 Å². The van der Waals surface area contributed by atoms with E-state index in [9.17, 15) is 4.79 Å². The normalized spacial score (nSPS) is 20.8. The van der Waals surface area contributed by atoms with E-state index in [1.807, 2.05) is 20.8 Å². The van der Waals surface area contributed by atoms with Crippen molar-refractivity contribution in [2.24, 2.45) is 0 Å². The van der Waals surface area contributed by atoms with Crippen LogP contribution in [0.2, 0.25) is 0 Å². The molecule has 0 amide bonds. The lowest BCUT2D eigenvalue weighted by molar-refractivity contribution is -0.138. The van der Waals surface area contributed by atoms with Gasteiger partial charge >= 0.3 is 0 Å². The summed E-state index contributed by atoms with van der Waals surface area (Å²) in [4.78, 5) is 9.60. The number of carbonyl (C=O) groups is 1. The van der Waals surface area contributed by atoms with Crippen LogP contribution in [-0.2, 0) is 9.53 Å². The average molecular weight is 189 g/mol. The molecule has 1 aliphatic heterocycles. The van der Waals surface area contributed by atoms with Crippen molar-refractivity contribution in [1.29, 1.82) is 0 Å². The summed E-state index contributed by atoms with van der Waals surface area (Å²) < 4.78 is 4.55. The summed E-state index contributed by atoms with van der Waals surface area (Å²) in [6, 6.07) is 0.421. The second-order valence-corrected chi connectivity index (χ2v) is 3.95. The summed E-state index contributed by atoms with van der Waals surface area (Å²) in [6.45, 7) is 7.31. The summed E-state index contributed by atoms with van der Waals surface area (Å²) in [5.74, 6) is 0. The highest BCUT2D eigenvalue weighted by Gasteiger charge is 2.13. The molecule has 0 aromatic heterocycles. The first-order chi connectivity index (χ1) is 5.99. The fourth-order valence-corrected chi connectivity index (χ4v) is 0.649. The average Bonchev–Trinajstić information content (AvgIpc) is 1.82. The molecule has 0 spiro atoms. The summed E-state index contributed by atoms with van der Waals surface area (Å²) in [5.41, 5.74) is -0.318. The van der Waals surface area contributed by atoms with Crippen LogP contribution >= 0.6 is 0 Å². The predicted molar refractivity (Wildman–Crippen MR) is 50.4 cm³/mol. The highest BCUT2D eigenvalue weighted by Crippen LogP contribution is 2.02. The van der Waals surface area contributed by atoms with Gasteiger partial charge in [0.15, 0.2) is 0 Å². The molecule has 4 nitrogen and oxygen atoms in total. The van der Waals surface area contributed by atoms with Gasteiger partial charge in [0, 0.05) is 6.04 Å². The minimum atomic E-state index is -0.318. The van der Waals surface area contributed by atoms with Crippen molar-refractivity contribution in [3.63, 3.8) is 0 Å². The van der Waals surface area contributed by atoms with E-state index in [0.29, 0.717) is 19.1 Å². The number of nitrogens with one attached hydrogen (secondary N) is 1. The molecule has 0 unspecified atom stereocenters. The zero-order valence-corrected chi connectivity index (χ0v) is 8.54. The Balaban J connectivity index is 0.000000223. The zero-order chi connectivity index (χ0) is 10.3. The van der Waals surface area contributed by atoms with Gasteiger partial charge in [-0.25, -0.2) is 0 Å². The number of carbonyl (C=O) groups excluding carboxylic acids is 1. The molecule has 2 N–H and O–H groups in total. The van der Waals surface area contributed by atoms with Gasteiger partial charge in [0.1, 0.15) is 5.60 Å². The first-order valence-corrected chi connectivity index (χ1v) is 4.45. The molecule has 0 saturated carbocycles. The SMILES string of the molecule is CC(C)(C)OC=O.OC[C@@H]1CCN1. The van der Waals surface area contributed by atoms with E-state index in [1.54, 1.807) is 0 Å². The van der Waals surface area contributed by atoms with Crippen LogP contribution in [0.3, 0.4) is 0 Å². The molecule has 13 heavy (non-hydrogen) atoms. The van der Waals surface area contributed by atoms with Crippen LogP contribution in [0.25, 0.3) is 0 Å². The second-order valence-electron chi connectivity index (χ2n) is 3.95. The van der Waals surface area contributed by atoms with Gasteiger partial charge in [0.05, 0.1) is 6.61 Å². The van der Waals surface area contributed by atoms with Crippen LogP contribution in [0, 0.1) is 0 Å². The predicted octanol–water partition coefficient (Wildman–Crippen LogP) is 0.299. The fraction of sp³-hybridized carbons (Fsp3) is 0.889. The third kappa shape index (κ3) is 7.74. The van der Waals surface area contributed by atoms with Crippen molar-refractivity contribution in [1.82, 2.24) is 5.32 Å². The molecule has 0 aliphatic carbocycles. The first kappa shape index (κ1) is 12.4. The molecule has 1 atom stereocenters. The molecule has 1 aliphatic rings. The fourth-order valence-electron chi connectivity index (χ4n) is 0.649. The van der Waals surface area contributed by atoms with Gasteiger partial charge in [0.2, 0.25) is 0 Å². The number of hydrogen-bond donors (Lipinski definition) is 2. The van der Waals surface area contributed by atoms with E-state index in [1.165, 1.54) is 0 Å². The lowest BCUT2D eigenvalue weighted by Gasteiger charge is -2.24. The quantitative estimate of drug-likeness (QED) is 0.613. The van der Waals surface area contributed by atoms with E-state index >= 15 is 0 Å². The van der Waals surface area contributed by atoms with Crippen LogP contribution in [0.15, 0.2) is 0 Å². The highest BCUT2D eigenvalue weighted by molar-refractivity contribution is 5.37. The monoisotopic (exact) mass is 189 g/mol. The molecule has 4 heteroatoms. The van der Waals surface area contributed by atoms with E-state index < -0.39 is 0 Å². The van der Waals surface area contributed by atoms with E-state index in [4.69, 9.17) is 5.11 Å². The Hall–Kier alpha value is -0.610. The Morgan fingerprint density at radius 3 is 2.15 bits per heavy atom. The lowest BCUT2D eigenvalue weighted by atomic mass is 10.1. The van der Waals surface area contributed by atoms with Crippen LogP contribution in [0.4, 0.5) is 0 Å². The van der Waals surface area contributed by atoms with Crippen LogP contribution in [0.1, 0.15) is 27.2 Å². The third-order valence-corrected chi connectivity index (χ3v) is 1.55. The minimum Gasteiger partial charge on any atom is -0.462 e. The Kier molecular flexibility index (Phi) is 5.66. The van der Waals surface area contributed by atoms with Gasteiger partial charge in [-0.1, -0.05) is 0 Å². The van der Waals surface area contributed by atoms with Crippen LogP contribution in [-0.4, -0.2) is 36.4 Å². The molecule has 1 rings (SSSR count). The molecule has 0 aromatic rings. The smallest absolute Gasteiger partial charge is 0.293 e. The molecular weight excluding hydrogens is 170 g/mol. The topological polar surface area (TPSA) is 58.6 Å². The van der Waals surface area contributed by atoms with Crippen LogP contribution < -0.4 is 5.32 Å². The maximum absolute atomic E-state index is 9.60. The van der Waals surface area contributed by atoms with Crippen molar-refractivity contribution in [3.8, 4) is 0 Å². The minimum absolute atomic E-state index is 0.306. The molecular formula is C9H19NO3. The van der Waals surface area contributed by atoms with Crippen molar-refractivity contribution in [2.45, 2.75) is 38.8 Å². The van der Waals surface area contributed by atoms with E-state index in [-0.39, 0.29) is 5.60 Å². The van der Waals surface area contributed by atoms with Crippen molar-refractivity contribution < 1.29 is 14.6 Å². The van der Waals surface area contributed by atoms with Gasteiger partial charge in [0.25, 0.3) is 6.47 Å². The number of aliphatic hydroxyl groups excluding tert-OH is 1. The van der Waals surface area contributed by atoms with Gasteiger partial charge < -0.3 is 15.2 Å². The van der Waals surface area contributed by atoms with Gasteiger partial charge in [-0.15, -0.1) is 0 Å². The summed E-state index contributed by atoms with van der Waals surface area (Å²) in [7, 11) is 0. The molecule has 1 fully saturated rings. The Bertz CT molecular complexity index is 136. The Morgan fingerprint density at radius 1 is 1.62 bits per heavy atom. The molecule has 0 radical (unpaired) electrons. The Morgan fingerprint density at radius 2 is 2.15 bits per heavy atom. The molecule has 0 bridgehead atoms. The standard InChI is InChI=1S/C5H10O2.C4H9NO/c1-5(2,3)7-4-6;6-3-4-1-2-5-4/h4H,1-3H3;4-6H,1-3H2/t;4-/m.0/s1. The number of rotatable bonds is 2. The van der Waals surface area contributed by atoms with E-state index in [0.717, 1.165) is 13.0 Å². The molecule has 78 valence electrons. The van der Waals surface area contributed by atoms with Crippen molar-refractivity contribution in [3.05, 3.63) is 0 Å². The summed E-state index contributed by atoms with van der Waals surface area (Å²) in [6.07, 6.45) is 1.15. The van der Waals surface area contributed by atoms with E-state index in [2.05, 4.69) is 10.1 Å². The number of hydrogen-bond acceptors (Lipinski definition) is 4. The summed E-state index contributed by atoms with van der Waals surface area (Å²) in [5, 5.41) is 11.4. The lowest BCUT2D eigenvalue weighted by Crippen LogP contribution is -2.45. The third-order valence-electron chi connectivity index (χ3n) is 1.55. The van der Waals surface area contributed by atoms with Gasteiger partial charge in [-0.3, -0.25) is 4.79 Å².